The molecule has 9 heteroatoms. The zero-order valence-electron chi connectivity index (χ0n) is 18.3. The number of hydrogen-bond donors (Lipinski definition) is 1. The third-order valence-corrected chi connectivity index (χ3v) is 6.55. The fraction of sp³-hybridized carbons (Fsp3) is 0.167. The molecule has 0 saturated carbocycles. The highest BCUT2D eigenvalue weighted by atomic mass is 35.5. The minimum atomic E-state index is -3.52. The summed E-state index contributed by atoms with van der Waals surface area (Å²) in [6.45, 7) is 4.01. The maximum atomic E-state index is 13.8. The molecule has 0 heterocycles. The molecule has 0 spiro atoms. The van der Waals surface area contributed by atoms with Crippen molar-refractivity contribution in [3.63, 3.8) is 0 Å². The topological polar surface area (TPSA) is 78.8 Å². The van der Waals surface area contributed by atoms with E-state index in [0.29, 0.717) is 16.8 Å². The summed E-state index contributed by atoms with van der Waals surface area (Å²) in [6, 6.07) is 16.2. The molecule has 1 N–H and O–H groups in total. The molecule has 3 rings (SSSR count). The first-order valence-electron chi connectivity index (χ1n) is 9.97. The standard InChI is InChI=1S/C24H23ClFN3O3S/c1-16-7-12-20(13-17(16)2)29(33(3,31)32)15-18-8-10-19(11-9-18)24(30)28-27-14-21-22(25)5-4-6-23(21)26/h4-14H,15H2,1-3H3,(H,28,30)/b27-14-. The van der Waals surface area contributed by atoms with Gasteiger partial charge in [-0.15, -0.1) is 0 Å². The second-order valence-corrected chi connectivity index (χ2v) is 9.88. The van der Waals surface area contributed by atoms with Gasteiger partial charge in [-0.3, -0.25) is 9.10 Å². The van der Waals surface area contributed by atoms with Gasteiger partial charge in [0.1, 0.15) is 5.82 Å². The lowest BCUT2D eigenvalue weighted by molar-refractivity contribution is 0.0955. The second-order valence-electron chi connectivity index (χ2n) is 7.57. The van der Waals surface area contributed by atoms with Crippen LogP contribution < -0.4 is 9.73 Å². The second kappa shape index (κ2) is 10.1. The molecule has 0 aliphatic rings. The molecule has 0 atom stereocenters. The third-order valence-electron chi connectivity index (χ3n) is 5.08. The number of hydrazone groups is 1. The van der Waals surface area contributed by atoms with E-state index in [0.717, 1.165) is 23.6 Å². The average Bonchev–Trinajstić information content (AvgIpc) is 2.75. The molecule has 0 bridgehead atoms. The van der Waals surface area contributed by atoms with E-state index in [4.69, 9.17) is 11.6 Å². The Morgan fingerprint density at radius 2 is 1.79 bits per heavy atom. The average molecular weight is 488 g/mol. The van der Waals surface area contributed by atoms with Crippen LogP contribution in [0.5, 0.6) is 0 Å². The van der Waals surface area contributed by atoms with Crippen LogP contribution in [0, 0.1) is 19.7 Å². The Morgan fingerprint density at radius 1 is 1.09 bits per heavy atom. The number of halogens is 2. The molecule has 172 valence electrons. The van der Waals surface area contributed by atoms with E-state index >= 15 is 0 Å². The number of sulfonamides is 1. The summed E-state index contributed by atoms with van der Waals surface area (Å²) in [7, 11) is -3.52. The Labute approximate surface area is 197 Å². The number of aryl methyl sites for hydroxylation is 2. The van der Waals surface area contributed by atoms with Crippen molar-refractivity contribution in [2.75, 3.05) is 10.6 Å². The minimum Gasteiger partial charge on any atom is -0.267 e. The maximum absolute atomic E-state index is 13.8. The molecule has 0 aromatic heterocycles. The Hall–Kier alpha value is -3.23. The molecule has 0 unspecified atom stereocenters. The summed E-state index contributed by atoms with van der Waals surface area (Å²) in [5.41, 5.74) is 6.05. The summed E-state index contributed by atoms with van der Waals surface area (Å²) in [6.07, 6.45) is 2.29. The lowest BCUT2D eigenvalue weighted by Gasteiger charge is -2.23. The molecule has 6 nitrogen and oxygen atoms in total. The summed E-state index contributed by atoms with van der Waals surface area (Å²) < 4.78 is 39.9. The van der Waals surface area contributed by atoms with Crippen molar-refractivity contribution in [3.8, 4) is 0 Å². The van der Waals surface area contributed by atoms with Crippen LogP contribution in [0.2, 0.25) is 5.02 Å². The fourth-order valence-corrected chi connectivity index (χ4v) is 4.15. The van der Waals surface area contributed by atoms with Gasteiger partial charge in [-0.25, -0.2) is 18.2 Å². The van der Waals surface area contributed by atoms with Crippen LogP contribution in [0.25, 0.3) is 0 Å². The van der Waals surface area contributed by atoms with Crippen molar-refractivity contribution in [1.29, 1.82) is 0 Å². The summed E-state index contributed by atoms with van der Waals surface area (Å²) in [4.78, 5) is 12.3. The molecule has 33 heavy (non-hydrogen) atoms. The maximum Gasteiger partial charge on any atom is 0.271 e. The van der Waals surface area contributed by atoms with Gasteiger partial charge in [-0.1, -0.05) is 35.9 Å². The zero-order valence-corrected chi connectivity index (χ0v) is 19.9. The molecule has 3 aromatic rings. The molecule has 0 radical (unpaired) electrons. The van der Waals surface area contributed by atoms with Gasteiger partial charge in [-0.05, 0) is 66.9 Å². The number of amides is 1. The van der Waals surface area contributed by atoms with E-state index in [-0.39, 0.29) is 17.1 Å². The Morgan fingerprint density at radius 3 is 2.39 bits per heavy atom. The zero-order chi connectivity index (χ0) is 24.2. The van der Waals surface area contributed by atoms with Gasteiger partial charge in [-0.2, -0.15) is 5.10 Å². The van der Waals surface area contributed by atoms with E-state index in [2.05, 4.69) is 10.5 Å². The van der Waals surface area contributed by atoms with E-state index in [1.54, 1.807) is 30.3 Å². The number of benzene rings is 3. The van der Waals surface area contributed by atoms with Crippen molar-refractivity contribution in [2.45, 2.75) is 20.4 Å². The van der Waals surface area contributed by atoms with Crippen molar-refractivity contribution in [2.24, 2.45) is 5.10 Å². The number of rotatable bonds is 7. The molecular weight excluding hydrogens is 465 g/mol. The lowest BCUT2D eigenvalue weighted by Crippen LogP contribution is -2.29. The largest absolute Gasteiger partial charge is 0.271 e. The predicted octanol–water partition coefficient (Wildman–Crippen LogP) is 4.83. The van der Waals surface area contributed by atoms with Crippen LogP contribution in [0.15, 0.2) is 65.8 Å². The summed E-state index contributed by atoms with van der Waals surface area (Å²) >= 11 is 5.92. The molecule has 0 aliphatic carbocycles. The Balaban J connectivity index is 1.72. The molecule has 0 aliphatic heterocycles. The van der Waals surface area contributed by atoms with Crippen LogP contribution in [0.3, 0.4) is 0 Å². The number of anilines is 1. The molecule has 0 fully saturated rings. The van der Waals surface area contributed by atoms with Crippen LogP contribution >= 0.6 is 11.6 Å². The van der Waals surface area contributed by atoms with Crippen molar-refractivity contribution >= 4 is 39.4 Å². The van der Waals surface area contributed by atoms with E-state index in [9.17, 15) is 17.6 Å². The molecule has 0 saturated heterocycles. The Bertz CT molecular complexity index is 1290. The molecular formula is C24H23ClFN3O3S. The van der Waals surface area contributed by atoms with Crippen LogP contribution in [-0.4, -0.2) is 26.8 Å². The SMILES string of the molecule is Cc1ccc(N(Cc2ccc(C(=O)N/N=C\c3c(F)cccc3Cl)cc2)S(C)(=O)=O)cc1C. The Kier molecular flexibility index (Phi) is 7.50. The van der Waals surface area contributed by atoms with Crippen molar-refractivity contribution in [1.82, 2.24) is 5.43 Å². The number of nitrogens with zero attached hydrogens (tertiary/aromatic N) is 2. The highest BCUT2D eigenvalue weighted by Gasteiger charge is 2.18. The predicted molar refractivity (Wildman–Crippen MR) is 130 cm³/mol. The van der Waals surface area contributed by atoms with Crippen molar-refractivity contribution < 1.29 is 17.6 Å². The first-order chi connectivity index (χ1) is 15.6. The fourth-order valence-electron chi connectivity index (χ4n) is 3.06. The van der Waals surface area contributed by atoms with Crippen LogP contribution in [0.1, 0.15) is 32.6 Å². The van der Waals surface area contributed by atoms with E-state index < -0.39 is 21.7 Å². The summed E-state index contributed by atoms with van der Waals surface area (Å²) in [5, 5.41) is 3.94. The van der Waals surface area contributed by atoms with Gasteiger partial charge < -0.3 is 0 Å². The molecule has 3 aromatic carbocycles. The third kappa shape index (κ3) is 6.18. The van der Waals surface area contributed by atoms with E-state index in [1.807, 2.05) is 26.0 Å². The van der Waals surface area contributed by atoms with Gasteiger partial charge in [0.05, 0.1) is 29.7 Å². The van der Waals surface area contributed by atoms with Gasteiger partial charge in [0.2, 0.25) is 10.0 Å². The summed E-state index contributed by atoms with van der Waals surface area (Å²) in [5.74, 6) is -1.05. The van der Waals surface area contributed by atoms with Crippen molar-refractivity contribution in [3.05, 3.63) is 99.3 Å². The number of carbonyl (C=O) groups excluding carboxylic acids is 1. The lowest BCUT2D eigenvalue weighted by atomic mass is 10.1. The van der Waals surface area contributed by atoms with E-state index in [1.165, 1.54) is 22.5 Å². The van der Waals surface area contributed by atoms with Gasteiger partial charge in [0.15, 0.2) is 0 Å². The van der Waals surface area contributed by atoms with Gasteiger partial charge >= 0.3 is 0 Å². The number of carbonyl (C=O) groups is 1. The normalized spacial score (nSPS) is 11.5. The molecule has 1 amide bonds. The highest BCUT2D eigenvalue weighted by Crippen LogP contribution is 2.23. The van der Waals surface area contributed by atoms with Crippen LogP contribution in [0.4, 0.5) is 10.1 Å². The first-order valence-corrected chi connectivity index (χ1v) is 12.2. The van der Waals surface area contributed by atoms with Gasteiger partial charge in [0.25, 0.3) is 5.91 Å². The number of nitrogens with one attached hydrogen (secondary N) is 1. The van der Waals surface area contributed by atoms with Gasteiger partial charge in [0, 0.05) is 11.1 Å². The monoisotopic (exact) mass is 487 g/mol. The quantitative estimate of drug-likeness (QED) is 0.383. The first kappa shape index (κ1) is 24.4. The minimum absolute atomic E-state index is 0.0713. The number of hydrogen-bond acceptors (Lipinski definition) is 4. The smallest absolute Gasteiger partial charge is 0.267 e. The van der Waals surface area contributed by atoms with Crippen LogP contribution in [-0.2, 0) is 16.6 Å². The highest BCUT2D eigenvalue weighted by molar-refractivity contribution is 7.92.